The molecule has 1 N–H and O–H groups in total. The van der Waals surface area contributed by atoms with Crippen molar-refractivity contribution >= 4 is 0 Å². The van der Waals surface area contributed by atoms with Gasteiger partial charge in [0.1, 0.15) is 0 Å². The van der Waals surface area contributed by atoms with Gasteiger partial charge in [-0.15, -0.1) is 0 Å². The summed E-state index contributed by atoms with van der Waals surface area (Å²) in [5.74, 6) is 0. The van der Waals surface area contributed by atoms with E-state index in [2.05, 4.69) is 10.3 Å². The molecule has 21 heavy (non-hydrogen) atoms. The first-order valence-corrected chi connectivity index (χ1v) is 6.69. The molecular weight excluding hydrogens is 277 g/mol. The van der Waals surface area contributed by atoms with Gasteiger partial charge in [0.2, 0.25) is 0 Å². The van der Waals surface area contributed by atoms with Crippen LogP contribution in [0, 0.1) is 6.92 Å². The zero-order chi connectivity index (χ0) is 15.5. The number of rotatable bonds is 4. The second-order valence-corrected chi connectivity index (χ2v) is 5.00. The predicted octanol–water partition coefficient (Wildman–Crippen LogP) is 4.26. The van der Waals surface area contributed by atoms with E-state index in [1.165, 1.54) is 12.1 Å². The van der Waals surface area contributed by atoms with Crippen molar-refractivity contribution in [3.8, 4) is 0 Å². The second kappa shape index (κ2) is 6.26. The summed E-state index contributed by atoms with van der Waals surface area (Å²) in [6.07, 6.45) is -2.61. The van der Waals surface area contributed by atoms with E-state index in [0.29, 0.717) is 6.54 Å². The number of pyridine rings is 1. The van der Waals surface area contributed by atoms with Crippen LogP contribution in [0.2, 0.25) is 0 Å². The monoisotopic (exact) mass is 294 g/mol. The minimum absolute atomic E-state index is 0.255. The Balaban J connectivity index is 2.10. The minimum atomic E-state index is -4.34. The lowest BCUT2D eigenvalue weighted by atomic mass is 10.0. The van der Waals surface area contributed by atoms with Crippen LogP contribution in [0.15, 0.2) is 42.6 Å². The van der Waals surface area contributed by atoms with E-state index in [4.69, 9.17) is 0 Å². The van der Waals surface area contributed by atoms with E-state index in [1.54, 1.807) is 19.2 Å². The van der Waals surface area contributed by atoms with Crippen molar-refractivity contribution in [3.05, 3.63) is 65.0 Å². The third kappa shape index (κ3) is 4.04. The van der Waals surface area contributed by atoms with Gasteiger partial charge in [-0.25, -0.2) is 0 Å². The highest BCUT2D eigenvalue weighted by molar-refractivity contribution is 5.32. The number of halogens is 3. The van der Waals surface area contributed by atoms with Gasteiger partial charge in [0.15, 0.2) is 0 Å². The summed E-state index contributed by atoms with van der Waals surface area (Å²) < 4.78 is 38.9. The Kier molecular flexibility index (Phi) is 4.63. The van der Waals surface area contributed by atoms with E-state index >= 15 is 0 Å². The summed E-state index contributed by atoms with van der Waals surface area (Å²) in [5.41, 5.74) is 1.52. The molecule has 1 aromatic carbocycles. The van der Waals surface area contributed by atoms with Crippen molar-refractivity contribution in [2.24, 2.45) is 0 Å². The number of nitrogens with one attached hydrogen (secondary N) is 1. The smallest absolute Gasteiger partial charge is 0.306 e. The quantitative estimate of drug-likeness (QED) is 0.911. The molecule has 0 spiro atoms. The Morgan fingerprint density at radius 2 is 1.86 bits per heavy atom. The van der Waals surface area contributed by atoms with Crippen molar-refractivity contribution in [2.45, 2.75) is 32.6 Å². The van der Waals surface area contributed by atoms with E-state index in [0.717, 1.165) is 17.3 Å². The van der Waals surface area contributed by atoms with Gasteiger partial charge in [-0.1, -0.05) is 24.3 Å². The largest absolute Gasteiger partial charge is 0.416 e. The summed E-state index contributed by atoms with van der Waals surface area (Å²) in [4.78, 5) is 4.17. The normalized spacial score (nSPS) is 13.2. The van der Waals surface area contributed by atoms with Gasteiger partial charge < -0.3 is 5.32 Å². The summed E-state index contributed by atoms with van der Waals surface area (Å²) >= 11 is 0. The lowest BCUT2D eigenvalue weighted by Crippen LogP contribution is -2.21. The van der Waals surface area contributed by atoms with E-state index in [9.17, 15) is 13.2 Å². The van der Waals surface area contributed by atoms with Crippen molar-refractivity contribution in [2.75, 3.05) is 0 Å². The lowest BCUT2D eigenvalue weighted by Gasteiger charge is -2.19. The average molecular weight is 294 g/mol. The number of aromatic nitrogens is 1. The van der Waals surface area contributed by atoms with Crippen molar-refractivity contribution in [1.29, 1.82) is 0 Å². The average Bonchev–Trinajstić information content (AvgIpc) is 2.45. The Labute approximate surface area is 122 Å². The predicted molar refractivity (Wildman–Crippen MR) is 75.7 cm³/mol. The molecule has 2 aromatic rings. The van der Waals surface area contributed by atoms with Gasteiger partial charge in [-0.3, -0.25) is 4.98 Å². The number of benzene rings is 1. The maximum atomic E-state index is 13.0. The molecule has 2 nitrogen and oxygen atoms in total. The van der Waals surface area contributed by atoms with Crippen LogP contribution in [-0.4, -0.2) is 4.98 Å². The second-order valence-electron chi connectivity index (χ2n) is 5.00. The summed E-state index contributed by atoms with van der Waals surface area (Å²) in [6.45, 7) is 4.09. The Hall–Kier alpha value is -1.88. The molecule has 0 aliphatic rings. The molecule has 1 atom stereocenters. The van der Waals surface area contributed by atoms with Crippen LogP contribution in [-0.2, 0) is 12.7 Å². The number of nitrogens with zero attached hydrogens (tertiary/aromatic N) is 1. The van der Waals surface area contributed by atoms with Crippen LogP contribution in [0.3, 0.4) is 0 Å². The Morgan fingerprint density at radius 3 is 2.48 bits per heavy atom. The molecule has 0 aliphatic heterocycles. The molecule has 0 saturated heterocycles. The molecule has 0 radical (unpaired) electrons. The topological polar surface area (TPSA) is 24.9 Å². The van der Waals surface area contributed by atoms with E-state index in [1.807, 2.05) is 19.1 Å². The molecule has 5 heteroatoms. The fraction of sp³-hybridized carbons (Fsp3) is 0.312. The maximum absolute atomic E-state index is 13.0. The fourth-order valence-electron chi connectivity index (χ4n) is 2.12. The minimum Gasteiger partial charge on any atom is -0.306 e. The summed E-state index contributed by atoms with van der Waals surface area (Å²) in [5, 5.41) is 3.11. The molecule has 0 aliphatic carbocycles. The van der Waals surface area contributed by atoms with Gasteiger partial charge in [0.25, 0.3) is 0 Å². The van der Waals surface area contributed by atoms with Crippen LogP contribution in [0.25, 0.3) is 0 Å². The van der Waals surface area contributed by atoms with Crippen LogP contribution in [0.5, 0.6) is 0 Å². The molecule has 1 unspecified atom stereocenters. The van der Waals surface area contributed by atoms with Gasteiger partial charge in [-0.05, 0) is 37.1 Å². The first-order chi connectivity index (χ1) is 9.88. The van der Waals surface area contributed by atoms with Gasteiger partial charge in [0, 0.05) is 24.5 Å². The molecule has 0 bridgehead atoms. The molecule has 0 fully saturated rings. The molecular formula is C16H17F3N2. The van der Waals surface area contributed by atoms with Crippen molar-refractivity contribution in [1.82, 2.24) is 10.3 Å². The number of aryl methyl sites for hydroxylation is 1. The molecule has 0 amide bonds. The van der Waals surface area contributed by atoms with Crippen LogP contribution in [0.4, 0.5) is 13.2 Å². The highest BCUT2D eigenvalue weighted by Crippen LogP contribution is 2.34. The molecule has 0 saturated carbocycles. The zero-order valence-corrected chi connectivity index (χ0v) is 11.9. The molecule has 1 heterocycles. The van der Waals surface area contributed by atoms with Gasteiger partial charge in [-0.2, -0.15) is 13.2 Å². The third-order valence-electron chi connectivity index (χ3n) is 3.32. The van der Waals surface area contributed by atoms with Crippen LogP contribution in [0.1, 0.15) is 35.3 Å². The summed E-state index contributed by atoms with van der Waals surface area (Å²) in [6, 6.07) is 9.04. The first-order valence-electron chi connectivity index (χ1n) is 6.69. The Bertz CT molecular complexity index is 591. The number of hydrogen-bond acceptors (Lipinski definition) is 2. The fourth-order valence-corrected chi connectivity index (χ4v) is 2.12. The third-order valence-corrected chi connectivity index (χ3v) is 3.32. The Morgan fingerprint density at radius 1 is 1.14 bits per heavy atom. The van der Waals surface area contributed by atoms with Crippen molar-refractivity contribution in [3.63, 3.8) is 0 Å². The standard InChI is InChI=1S/C16H17F3N2/c1-11-7-8-13(9-20-11)10-21-12(2)14-5-3-4-6-15(14)16(17,18)19/h3-9,12,21H,10H2,1-2H3. The van der Waals surface area contributed by atoms with Crippen LogP contribution < -0.4 is 5.32 Å². The summed E-state index contributed by atoms with van der Waals surface area (Å²) in [7, 11) is 0. The molecule has 112 valence electrons. The first kappa shape index (κ1) is 15.5. The van der Waals surface area contributed by atoms with Gasteiger partial charge in [0.05, 0.1) is 5.56 Å². The highest BCUT2D eigenvalue weighted by atomic mass is 19.4. The lowest BCUT2D eigenvalue weighted by molar-refractivity contribution is -0.138. The zero-order valence-electron chi connectivity index (χ0n) is 11.9. The van der Waals surface area contributed by atoms with Crippen LogP contribution >= 0.6 is 0 Å². The number of hydrogen-bond donors (Lipinski definition) is 1. The van der Waals surface area contributed by atoms with E-state index in [-0.39, 0.29) is 5.56 Å². The van der Waals surface area contributed by atoms with E-state index < -0.39 is 17.8 Å². The molecule has 1 aromatic heterocycles. The molecule has 2 rings (SSSR count). The SMILES string of the molecule is Cc1ccc(CNC(C)c2ccccc2C(F)(F)F)cn1. The number of alkyl halides is 3. The van der Waals surface area contributed by atoms with Crippen molar-refractivity contribution < 1.29 is 13.2 Å². The maximum Gasteiger partial charge on any atom is 0.416 e. The van der Waals surface area contributed by atoms with Gasteiger partial charge >= 0.3 is 6.18 Å². The highest BCUT2D eigenvalue weighted by Gasteiger charge is 2.33.